The first kappa shape index (κ1) is 16.4. The second-order valence-electron chi connectivity index (χ2n) is 5.09. The number of aliphatic hydroxyl groups is 1. The minimum Gasteiger partial charge on any atom is -0.390 e. The number of rotatable bonds is 9. The van der Waals surface area contributed by atoms with E-state index in [9.17, 15) is 5.11 Å². The smallest absolute Gasteiger partial charge is 0.0791 e. The SMILES string of the molecule is CCN(CC(C)C#N)CC(O)CNCC(C)C. The summed E-state index contributed by atoms with van der Waals surface area (Å²) >= 11 is 0. The molecule has 4 heteroatoms. The van der Waals surface area contributed by atoms with Crippen molar-refractivity contribution in [3.8, 4) is 6.07 Å². The summed E-state index contributed by atoms with van der Waals surface area (Å²) in [6.45, 7) is 12.0. The van der Waals surface area contributed by atoms with Gasteiger partial charge in [-0.25, -0.2) is 0 Å². The highest BCUT2D eigenvalue weighted by Crippen LogP contribution is 2.00. The van der Waals surface area contributed by atoms with Crippen molar-refractivity contribution in [1.29, 1.82) is 5.26 Å². The summed E-state index contributed by atoms with van der Waals surface area (Å²) in [6, 6.07) is 2.22. The third-order valence-corrected chi connectivity index (χ3v) is 2.60. The van der Waals surface area contributed by atoms with Crippen LogP contribution in [0.5, 0.6) is 0 Å². The Bertz CT molecular complexity index is 225. The van der Waals surface area contributed by atoms with E-state index in [0.29, 0.717) is 19.0 Å². The Balaban J connectivity index is 3.82. The summed E-state index contributed by atoms with van der Waals surface area (Å²) in [5.41, 5.74) is 0. The predicted octanol–water partition coefficient (Wildman–Crippen LogP) is 1.07. The minimum atomic E-state index is -0.361. The Morgan fingerprint density at radius 1 is 1.24 bits per heavy atom. The Kier molecular flexibility index (Phi) is 9.06. The highest BCUT2D eigenvalue weighted by atomic mass is 16.3. The van der Waals surface area contributed by atoms with Gasteiger partial charge in [-0.2, -0.15) is 5.26 Å². The lowest BCUT2D eigenvalue weighted by atomic mass is 10.2. The van der Waals surface area contributed by atoms with Crippen LogP contribution < -0.4 is 5.32 Å². The van der Waals surface area contributed by atoms with Crippen LogP contribution in [0.4, 0.5) is 0 Å². The minimum absolute atomic E-state index is 0.0192. The van der Waals surface area contributed by atoms with Crippen molar-refractivity contribution in [1.82, 2.24) is 10.2 Å². The first-order chi connectivity index (χ1) is 7.99. The first-order valence-electron chi connectivity index (χ1n) is 6.50. The molecule has 0 aliphatic rings. The van der Waals surface area contributed by atoms with Gasteiger partial charge in [-0.1, -0.05) is 20.8 Å². The van der Waals surface area contributed by atoms with Gasteiger partial charge in [0.25, 0.3) is 0 Å². The van der Waals surface area contributed by atoms with E-state index in [1.54, 1.807) is 0 Å². The molecule has 2 N–H and O–H groups in total. The van der Waals surface area contributed by atoms with E-state index in [0.717, 1.165) is 19.6 Å². The number of nitrogens with one attached hydrogen (secondary N) is 1. The van der Waals surface area contributed by atoms with Crippen LogP contribution in [0.3, 0.4) is 0 Å². The largest absolute Gasteiger partial charge is 0.390 e. The summed E-state index contributed by atoms with van der Waals surface area (Å²) < 4.78 is 0. The van der Waals surface area contributed by atoms with Gasteiger partial charge in [-0.3, -0.25) is 4.90 Å². The van der Waals surface area contributed by atoms with E-state index in [4.69, 9.17) is 5.26 Å². The van der Waals surface area contributed by atoms with E-state index in [1.165, 1.54) is 0 Å². The van der Waals surface area contributed by atoms with Gasteiger partial charge in [-0.05, 0) is 25.9 Å². The molecule has 0 bridgehead atoms. The van der Waals surface area contributed by atoms with Crippen LogP contribution in [0.2, 0.25) is 0 Å². The van der Waals surface area contributed by atoms with Crippen LogP contribution in [0.15, 0.2) is 0 Å². The summed E-state index contributed by atoms with van der Waals surface area (Å²) in [5, 5.41) is 21.9. The predicted molar refractivity (Wildman–Crippen MR) is 70.6 cm³/mol. The van der Waals surface area contributed by atoms with Crippen LogP contribution in [0.25, 0.3) is 0 Å². The number of hydrogen-bond donors (Lipinski definition) is 2. The zero-order valence-corrected chi connectivity index (χ0v) is 11.6. The molecule has 0 aromatic carbocycles. The van der Waals surface area contributed by atoms with Gasteiger partial charge in [-0.15, -0.1) is 0 Å². The van der Waals surface area contributed by atoms with Gasteiger partial charge in [0, 0.05) is 19.6 Å². The highest BCUT2D eigenvalue weighted by Gasteiger charge is 2.12. The second-order valence-corrected chi connectivity index (χ2v) is 5.09. The summed E-state index contributed by atoms with van der Waals surface area (Å²) in [7, 11) is 0. The normalized spacial score (nSPS) is 14.9. The molecule has 0 radical (unpaired) electrons. The summed E-state index contributed by atoms with van der Waals surface area (Å²) in [6.07, 6.45) is -0.361. The average molecular weight is 241 g/mol. The van der Waals surface area contributed by atoms with Gasteiger partial charge < -0.3 is 10.4 Å². The molecule has 0 fully saturated rings. The number of nitriles is 1. The first-order valence-corrected chi connectivity index (χ1v) is 6.50. The van der Waals surface area contributed by atoms with E-state index in [1.807, 2.05) is 6.92 Å². The van der Waals surface area contributed by atoms with E-state index >= 15 is 0 Å². The van der Waals surface area contributed by atoms with Gasteiger partial charge >= 0.3 is 0 Å². The molecule has 0 rings (SSSR count). The van der Waals surface area contributed by atoms with Crippen molar-refractivity contribution in [2.24, 2.45) is 11.8 Å². The zero-order valence-electron chi connectivity index (χ0n) is 11.6. The van der Waals surface area contributed by atoms with E-state index in [-0.39, 0.29) is 12.0 Å². The molecule has 0 heterocycles. The third kappa shape index (κ3) is 9.11. The average Bonchev–Trinajstić information content (AvgIpc) is 2.27. The Morgan fingerprint density at radius 3 is 2.35 bits per heavy atom. The van der Waals surface area contributed by atoms with E-state index < -0.39 is 0 Å². The lowest BCUT2D eigenvalue weighted by molar-refractivity contribution is 0.109. The standard InChI is InChI=1S/C13H27N3O/c1-5-16(9-12(4)6-14)10-13(17)8-15-7-11(2)3/h11-13,15,17H,5,7-10H2,1-4H3. The molecule has 0 saturated heterocycles. The maximum atomic E-state index is 9.86. The molecule has 4 nitrogen and oxygen atoms in total. The molecule has 0 aliphatic heterocycles. The summed E-state index contributed by atoms with van der Waals surface area (Å²) in [4.78, 5) is 2.12. The zero-order chi connectivity index (χ0) is 13.3. The van der Waals surface area contributed by atoms with Gasteiger partial charge in [0.2, 0.25) is 0 Å². The molecule has 2 unspecified atom stereocenters. The van der Waals surface area contributed by atoms with Crippen LogP contribution in [0, 0.1) is 23.2 Å². The molecule has 0 aromatic heterocycles. The number of aliphatic hydroxyl groups excluding tert-OH is 1. The van der Waals surface area contributed by atoms with Crippen molar-refractivity contribution in [3.63, 3.8) is 0 Å². The Morgan fingerprint density at radius 2 is 1.88 bits per heavy atom. The molecule has 0 spiro atoms. The number of likely N-dealkylation sites (N-methyl/N-ethyl adjacent to an activating group) is 1. The molecule has 17 heavy (non-hydrogen) atoms. The molecule has 0 aliphatic carbocycles. The molecular weight excluding hydrogens is 214 g/mol. The molecule has 100 valence electrons. The fraction of sp³-hybridized carbons (Fsp3) is 0.923. The summed E-state index contributed by atoms with van der Waals surface area (Å²) in [5.74, 6) is 0.619. The Hall–Kier alpha value is -0.630. The number of nitrogens with zero attached hydrogens (tertiary/aromatic N) is 2. The molecule has 0 amide bonds. The maximum Gasteiger partial charge on any atom is 0.0791 e. The van der Waals surface area contributed by atoms with Crippen LogP contribution in [0.1, 0.15) is 27.7 Å². The van der Waals surface area contributed by atoms with Crippen molar-refractivity contribution >= 4 is 0 Å². The quantitative estimate of drug-likeness (QED) is 0.634. The maximum absolute atomic E-state index is 9.86. The van der Waals surface area contributed by atoms with Crippen molar-refractivity contribution in [3.05, 3.63) is 0 Å². The van der Waals surface area contributed by atoms with Crippen LogP contribution >= 0.6 is 0 Å². The van der Waals surface area contributed by atoms with Crippen molar-refractivity contribution in [2.45, 2.75) is 33.8 Å². The molecule has 2 atom stereocenters. The van der Waals surface area contributed by atoms with Crippen LogP contribution in [-0.4, -0.2) is 48.8 Å². The van der Waals surface area contributed by atoms with Crippen molar-refractivity contribution < 1.29 is 5.11 Å². The number of hydrogen-bond acceptors (Lipinski definition) is 4. The Labute approximate surface area is 106 Å². The van der Waals surface area contributed by atoms with Gasteiger partial charge in [0.15, 0.2) is 0 Å². The van der Waals surface area contributed by atoms with Crippen molar-refractivity contribution in [2.75, 3.05) is 32.7 Å². The monoisotopic (exact) mass is 241 g/mol. The van der Waals surface area contributed by atoms with Gasteiger partial charge in [0.05, 0.1) is 18.1 Å². The fourth-order valence-electron chi connectivity index (χ4n) is 1.66. The highest BCUT2D eigenvalue weighted by molar-refractivity contribution is 4.82. The molecule has 0 aromatic rings. The van der Waals surface area contributed by atoms with Crippen LogP contribution in [-0.2, 0) is 0 Å². The van der Waals surface area contributed by atoms with Gasteiger partial charge in [0.1, 0.15) is 0 Å². The lowest BCUT2D eigenvalue weighted by Crippen LogP contribution is -2.40. The third-order valence-electron chi connectivity index (χ3n) is 2.60. The topological polar surface area (TPSA) is 59.3 Å². The molecule has 0 saturated carbocycles. The van der Waals surface area contributed by atoms with E-state index in [2.05, 4.69) is 37.1 Å². The lowest BCUT2D eigenvalue weighted by Gasteiger charge is -2.24. The second kappa shape index (κ2) is 9.41. The fourth-order valence-corrected chi connectivity index (χ4v) is 1.66. The molecular formula is C13H27N3O.